The molecule has 4 nitrogen and oxygen atoms in total. The predicted octanol–water partition coefficient (Wildman–Crippen LogP) is 5.34. The zero-order valence-electron chi connectivity index (χ0n) is 16.8. The number of rotatable bonds is 8. The highest BCUT2D eigenvalue weighted by molar-refractivity contribution is 6.17. The molecule has 0 spiro atoms. The predicted molar refractivity (Wildman–Crippen MR) is 112 cm³/mol. The van der Waals surface area contributed by atoms with Gasteiger partial charge in [-0.05, 0) is 24.8 Å². The van der Waals surface area contributed by atoms with Gasteiger partial charge >= 0.3 is 5.97 Å². The Bertz CT molecular complexity index is 970. The normalized spacial score (nSPS) is 11.1. The Hall–Kier alpha value is -2.88. The van der Waals surface area contributed by atoms with Gasteiger partial charge in [0.2, 0.25) is 0 Å². The minimum absolute atomic E-state index is 0.0687. The van der Waals surface area contributed by atoms with E-state index in [2.05, 4.69) is 24.5 Å². The molecule has 4 heteroatoms. The molecule has 2 aromatic carbocycles. The van der Waals surface area contributed by atoms with Gasteiger partial charge < -0.3 is 9.30 Å². The first-order chi connectivity index (χ1) is 13.5. The van der Waals surface area contributed by atoms with Gasteiger partial charge in [-0.1, -0.05) is 62.4 Å². The molecule has 28 heavy (non-hydrogen) atoms. The summed E-state index contributed by atoms with van der Waals surface area (Å²) in [5, 5.41) is 1.00. The van der Waals surface area contributed by atoms with E-state index in [1.54, 1.807) is 0 Å². The third-order valence-electron chi connectivity index (χ3n) is 4.90. The van der Waals surface area contributed by atoms with E-state index in [9.17, 15) is 9.59 Å². The lowest BCUT2D eigenvalue weighted by molar-refractivity contribution is -0.141. The number of nitrogens with zero attached hydrogens (tertiary/aromatic N) is 1. The lowest BCUT2D eigenvalue weighted by atomic mass is 9.96. The van der Waals surface area contributed by atoms with Crippen LogP contribution in [0.1, 0.15) is 61.1 Å². The molecule has 0 unspecified atom stereocenters. The van der Waals surface area contributed by atoms with Crippen LogP contribution in [0.15, 0.2) is 54.6 Å². The quantitative estimate of drug-likeness (QED) is 0.302. The maximum absolute atomic E-state index is 13.4. The van der Waals surface area contributed by atoms with Gasteiger partial charge in [0.05, 0.1) is 12.2 Å². The maximum atomic E-state index is 13.4. The Morgan fingerprint density at radius 2 is 1.64 bits per heavy atom. The number of hydrogen-bond donors (Lipinski definition) is 0. The van der Waals surface area contributed by atoms with Gasteiger partial charge in [0.25, 0.3) is 0 Å². The molecule has 0 aliphatic rings. The van der Waals surface area contributed by atoms with Gasteiger partial charge in [-0.15, -0.1) is 0 Å². The second-order valence-corrected chi connectivity index (χ2v) is 7.33. The number of carbonyl (C=O) groups excluding carboxylic acids is 2. The van der Waals surface area contributed by atoms with Crippen LogP contribution in [0.3, 0.4) is 0 Å². The number of unbranched alkanes of at least 4 members (excludes halogenated alkanes) is 1. The summed E-state index contributed by atoms with van der Waals surface area (Å²) in [5.41, 5.74) is 3.67. The lowest BCUT2D eigenvalue weighted by Crippen LogP contribution is -2.11. The molecule has 0 N–H and O–H groups in total. The molecular formula is C24H27NO3. The van der Waals surface area contributed by atoms with E-state index in [1.807, 2.05) is 48.5 Å². The van der Waals surface area contributed by atoms with Crippen molar-refractivity contribution < 1.29 is 14.3 Å². The fourth-order valence-corrected chi connectivity index (χ4v) is 3.72. The highest BCUT2D eigenvalue weighted by atomic mass is 16.5. The average Bonchev–Trinajstić information content (AvgIpc) is 3.02. The van der Waals surface area contributed by atoms with Crippen LogP contribution in [0.2, 0.25) is 0 Å². The molecule has 0 fully saturated rings. The maximum Gasteiger partial charge on any atom is 0.302 e. The second-order valence-electron chi connectivity index (χ2n) is 7.33. The number of fused-ring (bicyclic) bond motifs is 1. The summed E-state index contributed by atoms with van der Waals surface area (Å²) in [6, 6.07) is 17.6. The molecule has 0 radical (unpaired) electrons. The van der Waals surface area contributed by atoms with Crippen LogP contribution in [0, 0.1) is 0 Å². The van der Waals surface area contributed by atoms with Crippen LogP contribution in [0.25, 0.3) is 10.9 Å². The standard InChI is InChI=1S/C24H27NO3/c1-17(2)23-22(24(27)19-11-5-4-6-12-19)20-13-7-8-14-21(20)25(23)15-9-10-16-28-18(3)26/h4-8,11-14,17H,9-10,15-16H2,1-3H3. The number of ketones is 1. The molecule has 0 aliphatic heterocycles. The van der Waals surface area contributed by atoms with E-state index in [4.69, 9.17) is 4.74 Å². The third kappa shape index (κ3) is 4.16. The minimum Gasteiger partial charge on any atom is -0.466 e. The lowest BCUT2D eigenvalue weighted by Gasteiger charge is -2.15. The molecule has 3 rings (SSSR count). The number of benzene rings is 2. The minimum atomic E-state index is -0.245. The molecule has 1 aromatic heterocycles. The summed E-state index contributed by atoms with van der Waals surface area (Å²) in [6.07, 6.45) is 1.68. The van der Waals surface area contributed by atoms with E-state index in [-0.39, 0.29) is 17.7 Å². The fraction of sp³-hybridized carbons (Fsp3) is 0.333. The molecule has 0 bridgehead atoms. The Morgan fingerprint density at radius 1 is 0.964 bits per heavy atom. The van der Waals surface area contributed by atoms with Crippen LogP contribution in [-0.2, 0) is 16.1 Å². The van der Waals surface area contributed by atoms with Crippen molar-refractivity contribution in [2.24, 2.45) is 0 Å². The largest absolute Gasteiger partial charge is 0.466 e. The van der Waals surface area contributed by atoms with E-state index in [0.29, 0.717) is 12.2 Å². The highest BCUT2D eigenvalue weighted by Crippen LogP contribution is 2.33. The van der Waals surface area contributed by atoms with Crippen molar-refractivity contribution in [1.82, 2.24) is 4.57 Å². The number of para-hydroxylation sites is 1. The molecule has 0 aliphatic carbocycles. The smallest absolute Gasteiger partial charge is 0.302 e. The van der Waals surface area contributed by atoms with Crippen molar-refractivity contribution in [2.45, 2.75) is 46.1 Å². The number of esters is 1. The Morgan fingerprint density at radius 3 is 2.32 bits per heavy atom. The first-order valence-electron chi connectivity index (χ1n) is 9.85. The van der Waals surface area contributed by atoms with Crippen molar-refractivity contribution in [3.8, 4) is 0 Å². The highest BCUT2D eigenvalue weighted by Gasteiger charge is 2.24. The first kappa shape index (κ1) is 19.9. The van der Waals surface area contributed by atoms with Gasteiger partial charge in [-0.3, -0.25) is 9.59 Å². The number of hydrogen-bond acceptors (Lipinski definition) is 3. The topological polar surface area (TPSA) is 48.3 Å². The molecule has 0 saturated carbocycles. The van der Waals surface area contributed by atoms with Crippen molar-refractivity contribution >= 4 is 22.7 Å². The van der Waals surface area contributed by atoms with Gasteiger partial charge in [-0.25, -0.2) is 0 Å². The summed E-state index contributed by atoms with van der Waals surface area (Å²) in [6.45, 7) is 6.91. The van der Waals surface area contributed by atoms with Crippen molar-refractivity contribution in [3.63, 3.8) is 0 Å². The van der Waals surface area contributed by atoms with Gasteiger partial charge in [0, 0.05) is 35.6 Å². The van der Waals surface area contributed by atoms with Crippen LogP contribution < -0.4 is 0 Å². The van der Waals surface area contributed by atoms with Gasteiger partial charge in [-0.2, -0.15) is 0 Å². The summed E-state index contributed by atoms with van der Waals surface area (Å²) in [5.74, 6) is 0.0349. The van der Waals surface area contributed by atoms with Crippen LogP contribution in [0.5, 0.6) is 0 Å². The Labute approximate surface area is 166 Å². The van der Waals surface area contributed by atoms with Crippen LogP contribution in [-0.4, -0.2) is 22.9 Å². The van der Waals surface area contributed by atoms with Gasteiger partial charge in [0.1, 0.15) is 0 Å². The zero-order valence-corrected chi connectivity index (χ0v) is 16.8. The summed E-state index contributed by atoms with van der Waals surface area (Å²) < 4.78 is 7.31. The Balaban J connectivity index is 2.00. The first-order valence-corrected chi connectivity index (χ1v) is 9.85. The summed E-state index contributed by atoms with van der Waals surface area (Å²) >= 11 is 0. The molecular weight excluding hydrogens is 350 g/mol. The Kier molecular flexibility index (Phi) is 6.30. The van der Waals surface area contributed by atoms with Crippen molar-refractivity contribution in [3.05, 3.63) is 71.4 Å². The number of aromatic nitrogens is 1. The van der Waals surface area contributed by atoms with Crippen molar-refractivity contribution in [1.29, 1.82) is 0 Å². The molecule has 0 amide bonds. The second kappa shape index (κ2) is 8.87. The SMILES string of the molecule is CC(=O)OCCCCn1c(C(C)C)c(C(=O)c2ccccc2)c2ccccc21. The van der Waals surface area contributed by atoms with Crippen molar-refractivity contribution in [2.75, 3.05) is 6.61 Å². The number of carbonyl (C=O) groups is 2. The molecule has 1 heterocycles. The molecule has 3 aromatic rings. The van der Waals surface area contributed by atoms with E-state index in [0.717, 1.165) is 41.5 Å². The zero-order chi connectivity index (χ0) is 20.1. The fourth-order valence-electron chi connectivity index (χ4n) is 3.72. The molecule has 0 saturated heterocycles. The van der Waals surface area contributed by atoms with Gasteiger partial charge in [0.15, 0.2) is 5.78 Å². The van der Waals surface area contributed by atoms with E-state index < -0.39 is 0 Å². The van der Waals surface area contributed by atoms with E-state index in [1.165, 1.54) is 6.92 Å². The number of ether oxygens (including phenoxy) is 1. The van der Waals surface area contributed by atoms with Crippen LogP contribution >= 0.6 is 0 Å². The third-order valence-corrected chi connectivity index (χ3v) is 4.90. The summed E-state index contributed by atoms with van der Waals surface area (Å²) in [4.78, 5) is 24.3. The number of aryl methyl sites for hydroxylation is 1. The molecule has 0 atom stereocenters. The summed E-state index contributed by atoms with van der Waals surface area (Å²) in [7, 11) is 0. The van der Waals surface area contributed by atoms with E-state index >= 15 is 0 Å². The average molecular weight is 377 g/mol. The monoisotopic (exact) mass is 377 g/mol. The molecule has 146 valence electrons. The van der Waals surface area contributed by atoms with Crippen LogP contribution in [0.4, 0.5) is 0 Å².